The monoisotopic (exact) mass is 502 g/mol. The van der Waals surface area contributed by atoms with Gasteiger partial charge in [0.05, 0.1) is 37.6 Å². The minimum Gasteiger partial charge on any atom is -0.449 e. The summed E-state index contributed by atoms with van der Waals surface area (Å²) in [4.78, 5) is 24.0. The summed E-state index contributed by atoms with van der Waals surface area (Å²) in [5, 5.41) is 23.3. The summed E-state index contributed by atoms with van der Waals surface area (Å²) in [7, 11) is 0. The van der Waals surface area contributed by atoms with Crippen LogP contribution in [0.15, 0.2) is 0 Å². The number of rotatable bonds is 10. The number of fused-ring (bicyclic) bond motifs is 3. The molecule has 200 valence electrons. The molecule has 5 N–H and O–H groups in total. The highest BCUT2D eigenvalue weighted by atomic mass is 16.6. The molecule has 36 heavy (non-hydrogen) atoms. The zero-order chi connectivity index (χ0) is 25.7. The number of nitrogens with one attached hydrogen (secondary N) is 1. The number of nitrogen functional groups attached to an aromatic ring is 1. The van der Waals surface area contributed by atoms with E-state index >= 15 is 0 Å². The van der Waals surface area contributed by atoms with E-state index < -0.39 is 5.41 Å². The van der Waals surface area contributed by atoms with Gasteiger partial charge in [0, 0.05) is 30.5 Å². The van der Waals surface area contributed by atoms with Gasteiger partial charge in [-0.25, -0.2) is 14.8 Å². The molecule has 0 atom stereocenters. The van der Waals surface area contributed by atoms with Gasteiger partial charge in [0.15, 0.2) is 5.82 Å². The molecule has 0 spiro atoms. The van der Waals surface area contributed by atoms with Gasteiger partial charge in [-0.05, 0) is 51.1 Å². The first-order chi connectivity index (χ1) is 17.4. The summed E-state index contributed by atoms with van der Waals surface area (Å²) in [5.74, 6) is 1.85. The zero-order valence-corrected chi connectivity index (χ0v) is 21.8. The molecule has 0 saturated carbocycles. The molecule has 1 fully saturated rings. The lowest BCUT2D eigenvalue weighted by Gasteiger charge is -2.30. The molecule has 4 rings (SSSR count). The van der Waals surface area contributed by atoms with E-state index in [4.69, 9.17) is 15.5 Å². The molecule has 2 aromatic heterocycles. The number of ether oxygens (including phenoxy) is 1. The lowest BCUT2D eigenvalue weighted by atomic mass is 9.92. The molecule has 2 aliphatic heterocycles. The fourth-order valence-electron chi connectivity index (χ4n) is 5.24. The fourth-order valence-corrected chi connectivity index (χ4v) is 5.24. The number of anilines is 1. The normalized spacial score (nSPS) is 16.9. The van der Waals surface area contributed by atoms with Crippen molar-refractivity contribution in [3.63, 3.8) is 0 Å². The van der Waals surface area contributed by atoms with E-state index in [2.05, 4.69) is 21.8 Å². The summed E-state index contributed by atoms with van der Waals surface area (Å²) in [6, 6.07) is 0. The van der Waals surface area contributed by atoms with Crippen LogP contribution in [-0.2, 0) is 30.7 Å². The van der Waals surface area contributed by atoms with Crippen LogP contribution in [0.5, 0.6) is 0 Å². The number of nitrogens with two attached hydrogens (primary N) is 1. The third-order valence-electron chi connectivity index (χ3n) is 7.68. The Balaban J connectivity index is 1.56. The van der Waals surface area contributed by atoms with E-state index in [1.807, 2.05) is 6.92 Å². The summed E-state index contributed by atoms with van der Waals surface area (Å²) >= 11 is 0. The lowest BCUT2D eigenvalue weighted by molar-refractivity contribution is 0.0556. The van der Waals surface area contributed by atoms with Crippen LogP contribution >= 0.6 is 0 Å². The Kier molecular flexibility index (Phi) is 8.69. The largest absolute Gasteiger partial charge is 0.449 e. The number of nitrogens with zero attached hydrogens (tertiary/aromatic N) is 4. The van der Waals surface area contributed by atoms with Gasteiger partial charge in [-0.15, -0.1) is 0 Å². The molecule has 1 amide bonds. The number of amides is 1. The number of hydrogen-bond donors (Lipinski definition) is 4. The van der Waals surface area contributed by atoms with E-state index in [0.717, 1.165) is 74.2 Å². The average molecular weight is 503 g/mol. The van der Waals surface area contributed by atoms with Gasteiger partial charge < -0.3 is 35.5 Å². The predicted octanol–water partition coefficient (Wildman–Crippen LogP) is 2.23. The Labute approximate surface area is 213 Å². The first kappa shape index (κ1) is 26.6. The minimum atomic E-state index is -0.696. The lowest BCUT2D eigenvalue weighted by Crippen LogP contribution is -2.38. The average Bonchev–Trinajstić information content (AvgIpc) is 3.26. The maximum absolute atomic E-state index is 12.8. The molecule has 2 aromatic rings. The molecular formula is C26H42N6O4. The Morgan fingerprint density at radius 1 is 1.25 bits per heavy atom. The van der Waals surface area contributed by atoms with Gasteiger partial charge in [-0.1, -0.05) is 20.3 Å². The van der Waals surface area contributed by atoms with Crippen molar-refractivity contribution >= 4 is 22.9 Å². The van der Waals surface area contributed by atoms with Crippen molar-refractivity contribution in [2.45, 2.75) is 71.9 Å². The van der Waals surface area contributed by atoms with Crippen molar-refractivity contribution in [1.29, 1.82) is 0 Å². The van der Waals surface area contributed by atoms with E-state index in [1.54, 1.807) is 4.90 Å². The molecule has 0 bridgehead atoms. The number of aliphatic hydroxyl groups excluding tert-OH is 2. The van der Waals surface area contributed by atoms with Crippen LogP contribution in [0.1, 0.15) is 63.0 Å². The smallest absolute Gasteiger partial charge is 0.410 e. The molecule has 2 aliphatic rings. The molecule has 4 heterocycles. The van der Waals surface area contributed by atoms with Crippen LogP contribution < -0.4 is 11.1 Å². The summed E-state index contributed by atoms with van der Waals surface area (Å²) in [5.41, 5.74) is 9.06. The number of aromatic nitrogens is 3. The van der Waals surface area contributed by atoms with Gasteiger partial charge in [0.25, 0.3) is 0 Å². The number of pyridine rings is 1. The first-order valence-electron chi connectivity index (χ1n) is 13.4. The van der Waals surface area contributed by atoms with Crippen LogP contribution in [0.3, 0.4) is 0 Å². The van der Waals surface area contributed by atoms with Crippen molar-refractivity contribution in [3.8, 4) is 0 Å². The second kappa shape index (κ2) is 11.7. The maximum atomic E-state index is 12.8. The van der Waals surface area contributed by atoms with E-state index in [9.17, 15) is 15.0 Å². The van der Waals surface area contributed by atoms with Gasteiger partial charge in [-0.2, -0.15) is 0 Å². The second-order valence-electron chi connectivity index (χ2n) is 10.7. The van der Waals surface area contributed by atoms with Crippen molar-refractivity contribution in [2.75, 3.05) is 45.2 Å². The van der Waals surface area contributed by atoms with Crippen molar-refractivity contribution in [2.24, 2.45) is 11.3 Å². The Morgan fingerprint density at radius 2 is 2.00 bits per heavy atom. The van der Waals surface area contributed by atoms with Gasteiger partial charge in [0.1, 0.15) is 11.3 Å². The van der Waals surface area contributed by atoms with Gasteiger partial charge in [0.2, 0.25) is 0 Å². The van der Waals surface area contributed by atoms with Crippen LogP contribution in [0, 0.1) is 11.3 Å². The zero-order valence-electron chi connectivity index (χ0n) is 21.8. The van der Waals surface area contributed by atoms with Crippen LogP contribution in [0.4, 0.5) is 10.6 Å². The number of unbranched alkanes of at least 4 members (excludes halogenated alkanes) is 1. The molecule has 10 heteroatoms. The molecular weight excluding hydrogens is 460 g/mol. The third-order valence-corrected chi connectivity index (χ3v) is 7.68. The van der Waals surface area contributed by atoms with Crippen molar-refractivity contribution in [3.05, 3.63) is 17.1 Å². The number of carbonyl (C=O) groups is 1. The summed E-state index contributed by atoms with van der Waals surface area (Å²) in [6.07, 6.45) is 6.27. The predicted molar refractivity (Wildman–Crippen MR) is 139 cm³/mol. The quantitative estimate of drug-likeness (QED) is 0.388. The van der Waals surface area contributed by atoms with Gasteiger partial charge in [-0.3, -0.25) is 0 Å². The molecule has 0 aliphatic carbocycles. The summed E-state index contributed by atoms with van der Waals surface area (Å²) < 4.78 is 7.73. The third kappa shape index (κ3) is 5.76. The number of carbonyl (C=O) groups excluding carboxylic acids is 1. The molecule has 0 radical (unpaired) electrons. The molecule has 0 unspecified atom stereocenters. The molecule has 1 saturated heterocycles. The van der Waals surface area contributed by atoms with E-state index in [-0.39, 0.29) is 19.3 Å². The van der Waals surface area contributed by atoms with Crippen LogP contribution in [0.25, 0.3) is 11.0 Å². The van der Waals surface area contributed by atoms with Crippen molar-refractivity contribution in [1.82, 2.24) is 24.8 Å². The topological polar surface area (TPSA) is 139 Å². The van der Waals surface area contributed by atoms with Crippen molar-refractivity contribution < 1.29 is 19.7 Å². The fraction of sp³-hybridized carbons (Fsp3) is 0.731. The van der Waals surface area contributed by atoms with Crippen LogP contribution in [-0.4, -0.2) is 75.2 Å². The number of aryl methyl sites for hydroxylation is 1. The Hall–Kier alpha value is -2.43. The standard InChI is InChI=1S/C26H42N6O4/c1-3-4-5-21-30-22-23(32(21)15-26(2,16-33)17-34)19-8-12-31(14-20(19)29-24(22)27)25(35)36-13-9-18-6-10-28-11-7-18/h18,28,33-34H,3-17H2,1-2H3,(H2,27,29). The number of hydrogen-bond acceptors (Lipinski definition) is 8. The van der Waals surface area contributed by atoms with E-state index in [1.165, 1.54) is 0 Å². The highest BCUT2D eigenvalue weighted by Gasteiger charge is 2.31. The highest BCUT2D eigenvalue weighted by molar-refractivity contribution is 5.89. The maximum Gasteiger partial charge on any atom is 0.410 e. The van der Waals surface area contributed by atoms with Gasteiger partial charge >= 0.3 is 6.09 Å². The molecule has 10 nitrogen and oxygen atoms in total. The Bertz CT molecular complexity index is 1040. The number of piperidine rings is 1. The first-order valence-corrected chi connectivity index (χ1v) is 13.4. The minimum absolute atomic E-state index is 0.143. The van der Waals surface area contributed by atoms with E-state index in [0.29, 0.717) is 49.9 Å². The van der Waals surface area contributed by atoms with Crippen LogP contribution in [0.2, 0.25) is 0 Å². The SMILES string of the molecule is CCCCc1nc2c(N)nc3c(c2n1CC(C)(CO)CO)CCN(C(=O)OCCC1CCNCC1)C3. The number of imidazole rings is 1. The Morgan fingerprint density at radius 3 is 2.69 bits per heavy atom. The highest BCUT2D eigenvalue weighted by Crippen LogP contribution is 2.33. The number of aliphatic hydroxyl groups is 2. The summed E-state index contributed by atoms with van der Waals surface area (Å²) in [6.45, 7) is 7.53. The second-order valence-corrected chi connectivity index (χ2v) is 10.7. The molecule has 0 aromatic carbocycles.